The fourth-order valence-corrected chi connectivity index (χ4v) is 2.91. The molecule has 2 saturated carbocycles. The van der Waals surface area contributed by atoms with E-state index in [0.717, 1.165) is 18.9 Å². The third-order valence-electron chi connectivity index (χ3n) is 4.03. The van der Waals surface area contributed by atoms with Gasteiger partial charge in [-0.25, -0.2) is 8.78 Å². The first-order valence-corrected chi connectivity index (χ1v) is 6.73. The second-order valence-electron chi connectivity index (χ2n) is 5.51. The topological polar surface area (TPSA) is 12.0 Å². The van der Waals surface area contributed by atoms with Gasteiger partial charge in [-0.2, -0.15) is 0 Å². The second-order valence-corrected chi connectivity index (χ2v) is 5.51. The van der Waals surface area contributed by atoms with Gasteiger partial charge in [-0.1, -0.05) is 6.92 Å². The molecule has 16 heavy (non-hydrogen) atoms. The highest BCUT2D eigenvalue weighted by Gasteiger charge is 2.42. The van der Waals surface area contributed by atoms with E-state index in [1.807, 2.05) is 0 Å². The van der Waals surface area contributed by atoms with Crippen molar-refractivity contribution in [2.24, 2.45) is 11.8 Å². The van der Waals surface area contributed by atoms with Gasteiger partial charge < -0.3 is 5.32 Å². The standard InChI is InChI=1S/C13H23F2N/c1-2-9-16-12(10-3-4-10)11-5-7-13(14,15)8-6-11/h10-12,16H,2-9H2,1H3. The lowest BCUT2D eigenvalue weighted by molar-refractivity contribution is -0.0504. The summed E-state index contributed by atoms with van der Waals surface area (Å²) in [4.78, 5) is 0. The molecule has 2 aliphatic carbocycles. The molecule has 2 fully saturated rings. The van der Waals surface area contributed by atoms with Crippen molar-refractivity contribution < 1.29 is 8.78 Å². The molecule has 1 N–H and O–H groups in total. The van der Waals surface area contributed by atoms with Crippen LogP contribution in [0.4, 0.5) is 8.78 Å². The minimum Gasteiger partial charge on any atom is -0.313 e. The van der Waals surface area contributed by atoms with Crippen molar-refractivity contribution in [3.05, 3.63) is 0 Å². The lowest BCUT2D eigenvalue weighted by Crippen LogP contribution is -2.41. The largest absolute Gasteiger partial charge is 0.313 e. The minimum atomic E-state index is -2.38. The smallest absolute Gasteiger partial charge is 0.248 e. The normalized spacial score (nSPS) is 27.9. The van der Waals surface area contributed by atoms with Crippen LogP contribution < -0.4 is 5.32 Å². The van der Waals surface area contributed by atoms with Gasteiger partial charge in [0.1, 0.15) is 0 Å². The van der Waals surface area contributed by atoms with Crippen LogP contribution in [0.25, 0.3) is 0 Å². The van der Waals surface area contributed by atoms with Crippen molar-refractivity contribution in [3.8, 4) is 0 Å². The van der Waals surface area contributed by atoms with Crippen LogP contribution in [0, 0.1) is 11.8 Å². The van der Waals surface area contributed by atoms with Crippen LogP contribution in [0.5, 0.6) is 0 Å². The Morgan fingerprint density at radius 3 is 2.19 bits per heavy atom. The van der Waals surface area contributed by atoms with Crippen LogP contribution >= 0.6 is 0 Å². The Morgan fingerprint density at radius 2 is 1.69 bits per heavy atom. The Morgan fingerprint density at radius 1 is 1.12 bits per heavy atom. The summed E-state index contributed by atoms with van der Waals surface area (Å²) in [5.41, 5.74) is 0. The maximum absolute atomic E-state index is 13.1. The van der Waals surface area contributed by atoms with Crippen molar-refractivity contribution in [1.82, 2.24) is 5.32 Å². The summed E-state index contributed by atoms with van der Waals surface area (Å²) in [7, 11) is 0. The molecule has 1 unspecified atom stereocenters. The first kappa shape index (κ1) is 12.3. The number of hydrogen-bond donors (Lipinski definition) is 1. The molecule has 0 aliphatic heterocycles. The molecule has 3 heteroatoms. The maximum Gasteiger partial charge on any atom is 0.248 e. The Hall–Kier alpha value is -0.180. The predicted octanol–water partition coefficient (Wildman–Crippen LogP) is 3.59. The number of hydrogen-bond acceptors (Lipinski definition) is 1. The van der Waals surface area contributed by atoms with Crippen molar-refractivity contribution >= 4 is 0 Å². The number of alkyl halides is 2. The van der Waals surface area contributed by atoms with E-state index in [0.29, 0.717) is 24.8 Å². The molecule has 0 radical (unpaired) electrons. The van der Waals surface area contributed by atoms with Gasteiger partial charge in [-0.05, 0) is 50.5 Å². The number of halogens is 2. The quantitative estimate of drug-likeness (QED) is 0.762. The number of rotatable bonds is 5. The zero-order valence-electron chi connectivity index (χ0n) is 10.1. The highest BCUT2D eigenvalue weighted by atomic mass is 19.3. The summed E-state index contributed by atoms with van der Waals surface area (Å²) in [6.45, 7) is 3.19. The van der Waals surface area contributed by atoms with Gasteiger partial charge in [0, 0.05) is 18.9 Å². The molecule has 0 heterocycles. The highest BCUT2D eigenvalue weighted by molar-refractivity contribution is 4.93. The summed E-state index contributed by atoms with van der Waals surface area (Å²) < 4.78 is 26.2. The SMILES string of the molecule is CCCNC(C1CC1)C1CCC(F)(F)CC1. The Labute approximate surface area is 97.0 Å². The first-order valence-electron chi connectivity index (χ1n) is 6.73. The van der Waals surface area contributed by atoms with Crippen LogP contribution in [0.3, 0.4) is 0 Å². The Kier molecular flexibility index (Phi) is 3.83. The maximum atomic E-state index is 13.1. The zero-order valence-corrected chi connectivity index (χ0v) is 10.1. The van der Waals surface area contributed by atoms with Gasteiger partial charge >= 0.3 is 0 Å². The minimum absolute atomic E-state index is 0.106. The molecule has 94 valence electrons. The van der Waals surface area contributed by atoms with Crippen LogP contribution in [-0.4, -0.2) is 18.5 Å². The van der Waals surface area contributed by atoms with Crippen molar-refractivity contribution in [1.29, 1.82) is 0 Å². The van der Waals surface area contributed by atoms with E-state index in [-0.39, 0.29) is 12.8 Å². The molecular weight excluding hydrogens is 208 g/mol. The van der Waals surface area contributed by atoms with Crippen LogP contribution in [0.2, 0.25) is 0 Å². The van der Waals surface area contributed by atoms with E-state index in [2.05, 4.69) is 12.2 Å². The molecule has 0 aromatic carbocycles. The molecule has 1 nitrogen and oxygen atoms in total. The van der Waals surface area contributed by atoms with E-state index < -0.39 is 5.92 Å². The third kappa shape index (κ3) is 3.16. The summed E-state index contributed by atoms with van der Waals surface area (Å²) in [5, 5.41) is 3.58. The van der Waals surface area contributed by atoms with E-state index in [4.69, 9.17) is 0 Å². The molecule has 0 saturated heterocycles. The van der Waals surface area contributed by atoms with Crippen molar-refractivity contribution in [2.45, 2.75) is 63.8 Å². The van der Waals surface area contributed by atoms with Crippen molar-refractivity contribution in [3.63, 3.8) is 0 Å². The molecule has 0 aromatic heterocycles. The van der Waals surface area contributed by atoms with E-state index >= 15 is 0 Å². The monoisotopic (exact) mass is 231 g/mol. The van der Waals surface area contributed by atoms with Crippen LogP contribution in [0.1, 0.15) is 51.9 Å². The lowest BCUT2D eigenvalue weighted by atomic mass is 9.80. The molecule has 0 bridgehead atoms. The average Bonchev–Trinajstić information content (AvgIpc) is 3.04. The predicted molar refractivity (Wildman–Crippen MR) is 61.7 cm³/mol. The average molecular weight is 231 g/mol. The second kappa shape index (κ2) is 4.99. The molecule has 2 rings (SSSR count). The third-order valence-corrected chi connectivity index (χ3v) is 4.03. The fraction of sp³-hybridized carbons (Fsp3) is 1.00. The van der Waals surface area contributed by atoms with Gasteiger partial charge in [0.05, 0.1) is 0 Å². The van der Waals surface area contributed by atoms with Crippen LogP contribution in [0.15, 0.2) is 0 Å². The molecule has 0 amide bonds. The van der Waals surface area contributed by atoms with Gasteiger partial charge in [0.25, 0.3) is 0 Å². The van der Waals surface area contributed by atoms with Gasteiger partial charge in [0.2, 0.25) is 5.92 Å². The van der Waals surface area contributed by atoms with E-state index in [9.17, 15) is 8.78 Å². The summed E-state index contributed by atoms with van der Waals surface area (Å²) >= 11 is 0. The van der Waals surface area contributed by atoms with E-state index in [1.54, 1.807) is 0 Å². The Balaban J connectivity index is 1.84. The van der Waals surface area contributed by atoms with Gasteiger partial charge in [-0.3, -0.25) is 0 Å². The molecular formula is C13H23F2N. The van der Waals surface area contributed by atoms with E-state index in [1.165, 1.54) is 12.8 Å². The molecule has 0 aromatic rings. The first-order chi connectivity index (χ1) is 7.62. The van der Waals surface area contributed by atoms with Crippen LogP contribution in [-0.2, 0) is 0 Å². The molecule has 1 atom stereocenters. The summed E-state index contributed by atoms with van der Waals surface area (Å²) in [6.07, 6.45) is 5.37. The summed E-state index contributed by atoms with van der Waals surface area (Å²) in [5.74, 6) is -1.10. The fourth-order valence-electron chi connectivity index (χ4n) is 2.91. The van der Waals surface area contributed by atoms with Gasteiger partial charge in [-0.15, -0.1) is 0 Å². The highest BCUT2D eigenvalue weighted by Crippen LogP contribution is 2.43. The summed E-state index contributed by atoms with van der Waals surface area (Å²) in [6, 6.07) is 0.524. The van der Waals surface area contributed by atoms with Gasteiger partial charge in [0.15, 0.2) is 0 Å². The molecule has 0 spiro atoms. The zero-order chi connectivity index (χ0) is 11.6. The number of nitrogens with one attached hydrogen (secondary N) is 1. The molecule has 2 aliphatic rings. The van der Waals surface area contributed by atoms with Crippen molar-refractivity contribution in [2.75, 3.05) is 6.54 Å². The Bertz CT molecular complexity index is 216. The lowest BCUT2D eigenvalue weighted by Gasteiger charge is -2.34.